The molecule has 0 aromatic carbocycles. The standard InChI is InChI=1S/C18H21N5O2/c1-3-15-19-12(2)16(25-15)18(24)22-9-6-7-13(11-22)17-21-20-14-8-4-5-10-23(14)17/h4-5,8,10,13H,3,6-7,9,11H2,1-2H3/t13-/m1/s1. The van der Waals surface area contributed by atoms with Crippen molar-refractivity contribution in [3.8, 4) is 0 Å². The summed E-state index contributed by atoms with van der Waals surface area (Å²) in [5.41, 5.74) is 1.50. The van der Waals surface area contributed by atoms with Crippen LogP contribution in [-0.4, -0.2) is 43.5 Å². The Morgan fingerprint density at radius 2 is 2.24 bits per heavy atom. The van der Waals surface area contributed by atoms with E-state index < -0.39 is 0 Å². The van der Waals surface area contributed by atoms with Gasteiger partial charge in [0.15, 0.2) is 11.5 Å². The van der Waals surface area contributed by atoms with E-state index in [1.54, 1.807) is 0 Å². The van der Waals surface area contributed by atoms with Crippen LogP contribution in [0.5, 0.6) is 0 Å². The molecule has 0 N–H and O–H groups in total. The lowest BCUT2D eigenvalue weighted by molar-refractivity contribution is 0.0669. The molecule has 3 aromatic heterocycles. The Labute approximate surface area is 145 Å². The number of pyridine rings is 1. The zero-order valence-electron chi connectivity index (χ0n) is 14.5. The van der Waals surface area contributed by atoms with E-state index in [1.807, 2.05) is 47.5 Å². The van der Waals surface area contributed by atoms with Gasteiger partial charge in [-0.25, -0.2) is 4.98 Å². The number of amides is 1. The van der Waals surface area contributed by atoms with Gasteiger partial charge in [-0.15, -0.1) is 10.2 Å². The van der Waals surface area contributed by atoms with Crippen LogP contribution in [0.4, 0.5) is 0 Å². The predicted octanol–water partition coefficient (Wildman–Crippen LogP) is 2.61. The van der Waals surface area contributed by atoms with Crippen LogP contribution in [0.25, 0.3) is 5.65 Å². The van der Waals surface area contributed by atoms with Crippen LogP contribution in [0.15, 0.2) is 28.8 Å². The minimum Gasteiger partial charge on any atom is -0.435 e. The molecule has 1 saturated heterocycles. The highest BCUT2D eigenvalue weighted by atomic mass is 16.4. The molecule has 0 radical (unpaired) electrons. The first kappa shape index (κ1) is 15.8. The number of oxazole rings is 1. The van der Waals surface area contributed by atoms with Gasteiger partial charge in [0.05, 0.1) is 5.69 Å². The fraction of sp³-hybridized carbons (Fsp3) is 0.444. The zero-order valence-corrected chi connectivity index (χ0v) is 14.5. The molecule has 7 heteroatoms. The molecule has 1 atom stereocenters. The summed E-state index contributed by atoms with van der Waals surface area (Å²) in [6.07, 6.45) is 4.59. The molecule has 0 aliphatic carbocycles. The third-order valence-corrected chi connectivity index (χ3v) is 4.75. The number of nitrogens with zero attached hydrogens (tertiary/aromatic N) is 5. The second-order valence-corrected chi connectivity index (χ2v) is 6.45. The maximum atomic E-state index is 12.9. The fourth-order valence-corrected chi connectivity index (χ4v) is 3.46. The first-order chi connectivity index (χ1) is 12.2. The number of aryl methyl sites for hydroxylation is 2. The van der Waals surface area contributed by atoms with Crippen molar-refractivity contribution in [3.05, 3.63) is 47.6 Å². The van der Waals surface area contributed by atoms with Gasteiger partial charge in [-0.2, -0.15) is 0 Å². The molecule has 3 aromatic rings. The molecule has 130 valence electrons. The quantitative estimate of drug-likeness (QED) is 0.733. The topological polar surface area (TPSA) is 76.5 Å². The summed E-state index contributed by atoms with van der Waals surface area (Å²) in [7, 11) is 0. The monoisotopic (exact) mass is 339 g/mol. The van der Waals surface area contributed by atoms with E-state index in [-0.39, 0.29) is 11.8 Å². The SMILES string of the molecule is CCc1nc(C)c(C(=O)N2CCC[C@@H](c3nnc4ccccn34)C2)o1. The summed E-state index contributed by atoms with van der Waals surface area (Å²) < 4.78 is 7.65. The van der Waals surface area contributed by atoms with Gasteiger partial charge in [-0.05, 0) is 31.9 Å². The third-order valence-electron chi connectivity index (χ3n) is 4.75. The highest BCUT2D eigenvalue weighted by Gasteiger charge is 2.30. The van der Waals surface area contributed by atoms with Gasteiger partial charge in [0.25, 0.3) is 5.91 Å². The molecule has 1 aliphatic heterocycles. The molecule has 0 bridgehead atoms. The molecule has 1 amide bonds. The van der Waals surface area contributed by atoms with E-state index >= 15 is 0 Å². The molecule has 25 heavy (non-hydrogen) atoms. The summed E-state index contributed by atoms with van der Waals surface area (Å²) >= 11 is 0. The maximum absolute atomic E-state index is 12.9. The molecular formula is C18H21N5O2. The van der Waals surface area contributed by atoms with E-state index in [1.165, 1.54) is 0 Å². The number of aromatic nitrogens is 4. The van der Waals surface area contributed by atoms with Gasteiger partial charge in [0.1, 0.15) is 5.82 Å². The van der Waals surface area contributed by atoms with E-state index in [2.05, 4.69) is 15.2 Å². The normalized spacial score (nSPS) is 18.0. The molecule has 1 fully saturated rings. The number of carbonyl (C=O) groups excluding carboxylic acids is 1. The second-order valence-electron chi connectivity index (χ2n) is 6.45. The van der Waals surface area contributed by atoms with Crippen molar-refractivity contribution in [2.45, 2.75) is 39.0 Å². The van der Waals surface area contributed by atoms with Crippen LogP contribution < -0.4 is 0 Å². The Kier molecular flexibility index (Phi) is 3.99. The Bertz CT molecular complexity index is 913. The molecule has 4 heterocycles. The Morgan fingerprint density at radius 3 is 3.04 bits per heavy atom. The molecule has 0 saturated carbocycles. The lowest BCUT2D eigenvalue weighted by Gasteiger charge is -2.31. The minimum absolute atomic E-state index is 0.0804. The summed E-state index contributed by atoms with van der Waals surface area (Å²) in [6.45, 7) is 5.14. The van der Waals surface area contributed by atoms with Crippen molar-refractivity contribution < 1.29 is 9.21 Å². The van der Waals surface area contributed by atoms with Crippen LogP contribution in [0.1, 0.15) is 53.6 Å². The second kappa shape index (κ2) is 6.31. The van der Waals surface area contributed by atoms with Crippen LogP contribution in [-0.2, 0) is 6.42 Å². The molecule has 1 aliphatic rings. The largest absolute Gasteiger partial charge is 0.435 e. The van der Waals surface area contributed by atoms with Crippen molar-refractivity contribution in [2.24, 2.45) is 0 Å². The number of fused-ring (bicyclic) bond motifs is 1. The average molecular weight is 339 g/mol. The van der Waals surface area contributed by atoms with Crippen molar-refractivity contribution >= 4 is 11.6 Å². The highest BCUT2D eigenvalue weighted by Crippen LogP contribution is 2.27. The van der Waals surface area contributed by atoms with Gasteiger partial charge >= 0.3 is 0 Å². The van der Waals surface area contributed by atoms with Crippen molar-refractivity contribution in [2.75, 3.05) is 13.1 Å². The number of rotatable bonds is 3. The first-order valence-electron chi connectivity index (χ1n) is 8.72. The maximum Gasteiger partial charge on any atom is 0.291 e. The number of hydrogen-bond acceptors (Lipinski definition) is 5. The van der Waals surface area contributed by atoms with E-state index in [4.69, 9.17) is 4.42 Å². The van der Waals surface area contributed by atoms with Gasteiger partial charge in [-0.3, -0.25) is 9.20 Å². The van der Waals surface area contributed by atoms with Gasteiger partial charge in [-0.1, -0.05) is 13.0 Å². The van der Waals surface area contributed by atoms with Crippen LogP contribution in [0, 0.1) is 6.92 Å². The predicted molar refractivity (Wildman–Crippen MR) is 91.5 cm³/mol. The van der Waals surface area contributed by atoms with Crippen LogP contribution in [0.2, 0.25) is 0 Å². The first-order valence-corrected chi connectivity index (χ1v) is 8.72. The van der Waals surface area contributed by atoms with Gasteiger partial charge in [0, 0.05) is 31.6 Å². The smallest absolute Gasteiger partial charge is 0.291 e. The van der Waals surface area contributed by atoms with E-state index in [0.29, 0.717) is 30.3 Å². The third kappa shape index (κ3) is 2.79. The molecule has 0 spiro atoms. The van der Waals surface area contributed by atoms with Crippen molar-refractivity contribution in [3.63, 3.8) is 0 Å². The number of carbonyl (C=O) groups is 1. The molecule has 0 unspecified atom stereocenters. The molecular weight excluding hydrogens is 318 g/mol. The highest BCUT2D eigenvalue weighted by molar-refractivity contribution is 5.92. The Hall–Kier alpha value is -2.70. The van der Waals surface area contributed by atoms with Gasteiger partial charge < -0.3 is 9.32 Å². The number of piperidine rings is 1. The van der Waals surface area contributed by atoms with Crippen LogP contribution in [0.3, 0.4) is 0 Å². The molecule has 4 rings (SSSR count). The summed E-state index contributed by atoms with van der Waals surface area (Å²) in [6, 6.07) is 5.85. The summed E-state index contributed by atoms with van der Waals surface area (Å²) in [4.78, 5) is 19.0. The Balaban J connectivity index is 1.58. The number of likely N-dealkylation sites (tertiary alicyclic amines) is 1. The van der Waals surface area contributed by atoms with Gasteiger partial charge in [0.2, 0.25) is 5.76 Å². The molecule has 7 nitrogen and oxygen atoms in total. The zero-order chi connectivity index (χ0) is 17.4. The van der Waals surface area contributed by atoms with E-state index in [9.17, 15) is 4.79 Å². The fourth-order valence-electron chi connectivity index (χ4n) is 3.46. The number of hydrogen-bond donors (Lipinski definition) is 0. The van der Waals surface area contributed by atoms with Crippen molar-refractivity contribution in [1.82, 2.24) is 24.5 Å². The van der Waals surface area contributed by atoms with Crippen molar-refractivity contribution in [1.29, 1.82) is 0 Å². The average Bonchev–Trinajstić information content (AvgIpc) is 3.24. The summed E-state index contributed by atoms with van der Waals surface area (Å²) in [5, 5.41) is 8.59. The lowest BCUT2D eigenvalue weighted by Crippen LogP contribution is -2.39. The van der Waals surface area contributed by atoms with E-state index in [0.717, 1.165) is 30.9 Å². The lowest BCUT2D eigenvalue weighted by atomic mass is 9.97. The van der Waals surface area contributed by atoms with Crippen LogP contribution >= 0.6 is 0 Å². The minimum atomic E-state index is -0.0804. The Morgan fingerprint density at radius 1 is 1.36 bits per heavy atom. The summed E-state index contributed by atoms with van der Waals surface area (Å²) in [5.74, 6) is 1.98.